The fraction of sp³-hybridized carbons (Fsp3) is 0.176. The molecule has 134 valence electrons. The second-order valence-electron chi connectivity index (χ2n) is 5.21. The molecule has 2 aromatic heterocycles. The predicted molar refractivity (Wildman–Crippen MR) is 97.1 cm³/mol. The molecule has 1 aromatic carbocycles. The predicted octanol–water partition coefficient (Wildman–Crippen LogP) is 3.21. The van der Waals surface area contributed by atoms with Gasteiger partial charge in [-0.3, -0.25) is 10.1 Å². The Hall–Kier alpha value is -3.07. The Kier molecular flexibility index (Phi) is 6.05. The Labute approximate surface area is 153 Å². The van der Waals surface area contributed by atoms with Gasteiger partial charge in [-0.2, -0.15) is 0 Å². The molecule has 7 nitrogen and oxygen atoms in total. The number of nitrogens with zero attached hydrogens (tertiary/aromatic N) is 3. The average Bonchev–Trinajstić information content (AvgIpc) is 3.16. The van der Waals surface area contributed by atoms with E-state index in [1.165, 1.54) is 29.7 Å². The number of pyridine rings is 1. The molecule has 0 saturated heterocycles. The number of anilines is 2. The summed E-state index contributed by atoms with van der Waals surface area (Å²) in [5, 5.41) is 13.6. The van der Waals surface area contributed by atoms with Crippen LogP contribution in [0.25, 0.3) is 0 Å². The Morgan fingerprint density at radius 2 is 2.04 bits per heavy atom. The summed E-state index contributed by atoms with van der Waals surface area (Å²) in [6, 6.07) is 9.32. The van der Waals surface area contributed by atoms with Gasteiger partial charge in [0.25, 0.3) is 5.91 Å². The highest BCUT2D eigenvalue weighted by atomic mass is 32.1. The smallest absolute Gasteiger partial charge is 0.259 e. The van der Waals surface area contributed by atoms with Crippen LogP contribution in [0.4, 0.5) is 15.3 Å². The Morgan fingerprint density at radius 3 is 2.73 bits per heavy atom. The fourth-order valence-corrected chi connectivity index (χ4v) is 2.48. The molecule has 0 aliphatic rings. The van der Waals surface area contributed by atoms with E-state index >= 15 is 0 Å². The number of carbonyl (C=O) groups is 1. The molecule has 0 unspecified atom stereocenters. The Morgan fingerprint density at radius 1 is 1.19 bits per heavy atom. The van der Waals surface area contributed by atoms with Gasteiger partial charge in [0.05, 0.1) is 12.2 Å². The topological polar surface area (TPSA) is 89.0 Å². The lowest BCUT2D eigenvalue weighted by atomic mass is 10.2. The van der Waals surface area contributed by atoms with Gasteiger partial charge >= 0.3 is 0 Å². The van der Waals surface area contributed by atoms with Crippen molar-refractivity contribution in [3.8, 4) is 5.75 Å². The zero-order valence-electron chi connectivity index (χ0n) is 13.7. The minimum Gasteiger partial charge on any atom is -0.494 e. The van der Waals surface area contributed by atoms with E-state index in [-0.39, 0.29) is 11.7 Å². The van der Waals surface area contributed by atoms with Crippen molar-refractivity contribution >= 4 is 28.2 Å². The molecule has 2 N–H and O–H groups in total. The van der Waals surface area contributed by atoms with Crippen LogP contribution >= 0.6 is 11.3 Å². The third-order valence-electron chi connectivity index (χ3n) is 3.32. The molecule has 3 aromatic rings. The van der Waals surface area contributed by atoms with Gasteiger partial charge in [-0.25, -0.2) is 9.37 Å². The number of nitrogens with one attached hydrogen (secondary N) is 2. The standard InChI is InChI=1S/C17H16FN5O2S/c18-13-3-5-14(6-4-13)25-9-1-8-19-15-7-2-12(10-20-15)16(24)22-17-23-21-11-26-17/h2-7,10-11H,1,8-9H2,(H,19,20)(H,22,23,24). The molecule has 0 bridgehead atoms. The van der Waals surface area contributed by atoms with Gasteiger partial charge in [0.15, 0.2) is 0 Å². The number of amides is 1. The molecule has 0 saturated carbocycles. The highest BCUT2D eigenvalue weighted by molar-refractivity contribution is 7.13. The first-order chi connectivity index (χ1) is 12.7. The van der Waals surface area contributed by atoms with E-state index in [9.17, 15) is 9.18 Å². The van der Waals surface area contributed by atoms with Crippen LogP contribution in [0.3, 0.4) is 0 Å². The van der Waals surface area contributed by atoms with Gasteiger partial charge in [-0.1, -0.05) is 11.3 Å². The maximum absolute atomic E-state index is 12.8. The van der Waals surface area contributed by atoms with Crippen molar-refractivity contribution in [3.63, 3.8) is 0 Å². The fourth-order valence-electron chi connectivity index (χ4n) is 2.04. The van der Waals surface area contributed by atoms with Crippen molar-refractivity contribution in [1.29, 1.82) is 0 Å². The summed E-state index contributed by atoms with van der Waals surface area (Å²) in [4.78, 5) is 16.2. The van der Waals surface area contributed by atoms with Crippen molar-refractivity contribution in [2.24, 2.45) is 0 Å². The highest BCUT2D eigenvalue weighted by Gasteiger charge is 2.08. The third kappa shape index (κ3) is 5.21. The van der Waals surface area contributed by atoms with Crippen LogP contribution in [-0.4, -0.2) is 34.2 Å². The number of hydrogen-bond donors (Lipinski definition) is 2. The molecule has 3 rings (SSSR count). The number of halogens is 1. The molecule has 0 spiro atoms. The van der Waals surface area contributed by atoms with Crippen molar-refractivity contribution in [2.45, 2.75) is 6.42 Å². The van der Waals surface area contributed by atoms with E-state index in [4.69, 9.17) is 4.74 Å². The molecule has 0 atom stereocenters. The summed E-state index contributed by atoms with van der Waals surface area (Å²) in [5.74, 6) is 0.730. The van der Waals surface area contributed by atoms with E-state index in [1.54, 1.807) is 29.8 Å². The van der Waals surface area contributed by atoms with E-state index in [0.29, 0.717) is 35.4 Å². The van der Waals surface area contributed by atoms with E-state index in [0.717, 1.165) is 6.42 Å². The van der Waals surface area contributed by atoms with Gasteiger partial charge in [-0.05, 0) is 42.8 Å². The van der Waals surface area contributed by atoms with Crippen molar-refractivity contribution in [3.05, 3.63) is 59.5 Å². The van der Waals surface area contributed by atoms with Gasteiger partial charge in [-0.15, -0.1) is 10.2 Å². The largest absolute Gasteiger partial charge is 0.494 e. The summed E-state index contributed by atoms with van der Waals surface area (Å²) in [5.41, 5.74) is 1.98. The van der Waals surface area contributed by atoms with Crippen LogP contribution in [0.15, 0.2) is 48.1 Å². The summed E-state index contributed by atoms with van der Waals surface area (Å²) in [6.07, 6.45) is 2.24. The third-order valence-corrected chi connectivity index (χ3v) is 3.92. The lowest BCUT2D eigenvalue weighted by Gasteiger charge is -2.08. The monoisotopic (exact) mass is 373 g/mol. The van der Waals surface area contributed by atoms with Crippen LogP contribution in [0, 0.1) is 5.82 Å². The second kappa shape index (κ2) is 8.86. The molecule has 9 heteroatoms. The molecule has 1 amide bonds. The first-order valence-corrected chi connectivity index (χ1v) is 8.74. The summed E-state index contributed by atoms with van der Waals surface area (Å²) < 4.78 is 18.3. The maximum Gasteiger partial charge on any atom is 0.259 e. The van der Waals surface area contributed by atoms with Crippen molar-refractivity contribution in [2.75, 3.05) is 23.8 Å². The molecule has 2 heterocycles. The van der Waals surface area contributed by atoms with Crippen molar-refractivity contribution in [1.82, 2.24) is 15.2 Å². The van der Waals surface area contributed by atoms with Crippen LogP contribution < -0.4 is 15.4 Å². The number of carbonyl (C=O) groups excluding carboxylic acids is 1. The second-order valence-corrected chi connectivity index (χ2v) is 6.05. The number of hydrogen-bond acceptors (Lipinski definition) is 7. The summed E-state index contributed by atoms with van der Waals surface area (Å²) in [6.45, 7) is 1.16. The van der Waals surface area contributed by atoms with Gasteiger partial charge in [0.2, 0.25) is 5.13 Å². The van der Waals surface area contributed by atoms with Crippen LogP contribution in [0.2, 0.25) is 0 Å². The Balaban J connectivity index is 1.38. The van der Waals surface area contributed by atoms with Crippen LogP contribution in [0.5, 0.6) is 5.75 Å². The molecule has 0 aliphatic carbocycles. The molecule has 0 fully saturated rings. The number of aromatic nitrogens is 3. The molecule has 0 radical (unpaired) electrons. The SMILES string of the molecule is O=C(Nc1nncs1)c1ccc(NCCCOc2ccc(F)cc2)nc1. The molecular formula is C17H16FN5O2S. The Bertz CT molecular complexity index is 825. The maximum atomic E-state index is 12.8. The lowest BCUT2D eigenvalue weighted by molar-refractivity contribution is 0.102. The molecule has 0 aliphatic heterocycles. The minimum absolute atomic E-state index is 0.284. The normalized spacial score (nSPS) is 10.3. The zero-order chi connectivity index (χ0) is 18.2. The van der Waals surface area contributed by atoms with Crippen LogP contribution in [0.1, 0.15) is 16.8 Å². The van der Waals surface area contributed by atoms with Crippen LogP contribution in [-0.2, 0) is 0 Å². The molecular weight excluding hydrogens is 357 g/mol. The quantitative estimate of drug-likeness (QED) is 0.590. The van der Waals surface area contributed by atoms with Crippen molar-refractivity contribution < 1.29 is 13.9 Å². The average molecular weight is 373 g/mol. The minimum atomic E-state index is -0.287. The highest BCUT2D eigenvalue weighted by Crippen LogP contribution is 2.12. The van der Waals surface area contributed by atoms with E-state index < -0.39 is 0 Å². The van der Waals surface area contributed by atoms with Gasteiger partial charge in [0.1, 0.15) is 22.9 Å². The lowest BCUT2D eigenvalue weighted by Crippen LogP contribution is -2.13. The number of ether oxygens (including phenoxy) is 1. The summed E-state index contributed by atoms with van der Waals surface area (Å²) in [7, 11) is 0. The summed E-state index contributed by atoms with van der Waals surface area (Å²) >= 11 is 1.25. The number of rotatable bonds is 8. The molecule has 26 heavy (non-hydrogen) atoms. The van der Waals surface area contributed by atoms with Gasteiger partial charge < -0.3 is 10.1 Å². The van der Waals surface area contributed by atoms with Gasteiger partial charge in [0, 0.05) is 12.7 Å². The first-order valence-electron chi connectivity index (χ1n) is 7.86. The number of benzene rings is 1. The van der Waals surface area contributed by atoms with E-state index in [1.807, 2.05) is 0 Å². The zero-order valence-corrected chi connectivity index (χ0v) is 14.5. The van der Waals surface area contributed by atoms with E-state index in [2.05, 4.69) is 25.8 Å². The first kappa shape index (κ1) is 17.7.